The Morgan fingerprint density at radius 1 is 1.21 bits per heavy atom. The average Bonchev–Trinajstić information content (AvgIpc) is 3.06. The lowest BCUT2D eigenvalue weighted by Crippen LogP contribution is -2.24. The van der Waals surface area contributed by atoms with Crippen molar-refractivity contribution >= 4 is 34.3 Å². The minimum absolute atomic E-state index is 0.0649. The molecule has 24 heavy (non-hydrogen) atoms. The van der Waals surface area contributed by atoms with Gasteiger partial charge in [-0.25, -0.2) is 4.79 Å². The standard InChI is InChI=1S/C17H13N3O4/c21-15-8-10-7-11(5-6-12(10)19-15)18-16(22)9-20-13-3-1-2-4-14(13)24-17(20)23/h1-7H,8-9H2,(H,18,22)(H,19,21). The topological polar surface area (TPSA) is 93.3 Å². The highest BCUT2D eigenvalue weighted by atomic mass is 16.4. The Balaban J connectivity index is 1.55. The van der Waals surface area contributed by atoms with Gasteiger partial charge in [-0.3, -0.25) is 14.2 Å². The molecule has 2 N–H and O–H groups in total. The van der Waals surface area contributed by atoms with Crippen LogP contribution in [0.3, 0.4) is 0 Å². The zero-order valence-corrected chi connectivity index (χ0v) is 12.5. The molecule has 7 nitrogen and oxygen atoms in total. The molecule has 2 amide bonds. The first-order valence-electron chi connectivity index (χ1n) is 7.41. The molecule has 0 bridgehead atoms. The number of hydrogen-bond donors (Lipinski definition) is 2. The lowest BCUT2D eigenvalue weighted by atomic mass is 10.1. The maximum absolute atomic E-state index is 12.2. The van der Waals surface area contributed by atoms with Crippen molar-refractivity contribution in [2.24, 2.45) is 0 Å². The maximum Gasteiger partial charge on any atom is 0.420 e. The van der Waals surface area contributed by atoms with Gasteiger partial charge in [-0.15, -0.1) is 0 Å². The SMILES string of the molecule is O=C(Cn1c(=O)oc2ccccc21)Nc1ccc2c(c1)CC(=O)N2. The first-order valence-corrected chi connectivity index (χ1v) is 7.41. The van der Waals surface area contributed by atoms with Gasteiger partial charge < -0.3 is 15.1 Å². The second-order valence-electron chi connectivity index (χ2n) is 5.57. The van der Waals surface area contributed by atoms with Crippen molar-refractivity contribution in [1.82, 2.24) is 4.57 Å². The third-order valence-electron chi connectivity index (χ3n) is 3.89. The zero-order valence-electron chi connectivity index (χ0n) is 12.5. The van der Waals surface area contributed by atoms with Crippen LogP contribution < -0.4 is 16.4 Å². The van der Waals surface area contributed by atoms with Crippen molar-refractivity contribution in [1.29, 1.82) is 0 Å². The van der Waals surface area contributed by atoms with Gasteiger partial charge in [0.25, 0.3) is 0 Å². The number of anilines is 2. The number of carbonyl (C=O) groups excluding carboxylic acids is 2. The van der Waals surface area contributed by atoms with Crippen LogP contribution in [0.25, 0.3) is 11.1 Å². The summed E-state index contributed by atoms with van der Waals surface area (Å²) in [6, 6.07) is 12.1. The number of hydrogen-bond acceptors (Lipinski definition) is 4. The van der Waals surface area contributed by atoms with E-state index in [-0.39, 0.29) is 18.4 Å². The number of oxazole rings is 1. The van der Waals surface area contributed by atoms with Crippen LogP contribution in [0.5, 0.6) is 0 Å². The summed E-state index contributed by atoms with van der Waals surface area (Å²) in [5.41, 5.74) is 3.19. The summed E-state index contributed by atoms with van der Waals surface area (Å²) in [6.45, 7) is -0.149. The monoisotopic (exact) mass is 323 g/mol. The predicted octanol–water partition coefficient (Wildman–Crippen LogP) is 1.73. The molecule has 120 valence electrons. The molecule has 0 spiro atoms. The fraction of sp³-hybridized carbons (Fsp3) is 0.118. The number of aromatic nitrogens is 1. The number of rotatable bonds is 3. The average molecular weight is 323 g/mol. The number of para-hydroxylation sites is 2. The van der Waals surface area contributed by atoms with E-state index < -0.39 is 5.76 Å². The van der Waals surface area contributed by atoms with Crippen LogP contribution >= 0.6 is 0 Å². The number of carbonyl (C=O) groups is 2. The van der Waals surface area contributed by atoms with Gasteiger partial charge in [0.1, 0.15) is 6.54 Å². The molecular formula is C17H13N3O4. The van der Waals surface area contributed by atoms with E-state index in [0.717, 1.165) is 11.3 Å². The van der Waals surface area contributed by atoms with Crippen LogP contribution in [-0.2, 0) is 22.6 Å². The number of benzene rings is 2. The zero-order chi connectivity index (χ0) is 16.7. The van der Waals surface area contributed by atoms with Gasteiger partial charge in [0.05, 0.1) is 11.9 Å². The molecule has 0 saturated carbocycles. The molecule has 2 aromatic carbocycles. The molecule has 1 aromatic heterocycles. The van der Waals surface area contributed by atoms with Gasteiger partial charge in [0.15, 0.2) is 5.58 Å². The van der Waals surface area contributed by atoms with Crippen LogP contribution in [0.2, 0.25) is 0 Å². The minimum Gasteiger partial charge on any atom is -0.408 e. The minimum atomic E-state index is -0.574. The van der Waals surface area contributed by atoms with Crippen molar-refractivity contribution in [3.8, 4) is 0 Å². The third-order valence-corrected chi connectivity index (χ3v) is 3.89. The molecule has 0 atom stereocenters. The van der Waals surface area contributed by atoms with Gasteiger partial charge >= 0.3 is 5.76 Å². The van der Waals surface area contributed by atoms with Crippen molar-refractivity contribution in [3.05, 3.63) is 58.6 Å². The van der Waals surface area contributed by atoms with Gasteiger partial charge in [-0.2, -0.15) is 0 Å². The van der Waals surface area contributed by atoms with E-state index in [9.17, 15) is 14.4 Å². The van der Waals surface area contributed by atoms with Gasteiger partial charge in [0.2, 0.25) is 11.8 Å². The van der Waals surface area contributed by atoms with Gasteiger partial charge in [-0.05, 0) is 35.9 Å². The van der Waals surface area contributed by atoms with E-state index in [1.165, 1.54) is 4.57 Å². The third kappa shape index (κ3) is 2.45. The molecule has 1 aliphatic rings. The highest BCUT2D eigenvalue weighted by Crippen LogP contribution is 2.26. The van der Waals surface area contributed by atoms with Crippen molar-refractivity contribution in [2.75, 3.05) is 10.6 Å². The first-order chi connectivity index (χ1) is 11.6. The van der Waals surface area contributed by atoms with E-state index in [4.69, 9.17) is 4.42 Å². The largest absolute Gasteiger partial charge is 0.420 e. The fourth-order valence-corrected chi connectivity index (χ4v) is 2.81. The van der Waals surface area contributed by atoms with Crippen LogP contribution in [0, 0.1) is 0 Å². The second kappa shape index (κ2) is 5.38. The van der Waals surface area contributed by atoms with Gasteiger partial charge in [0, 0.05) is 11.4 Å². The molecule has 0 radical (unpaired) electrons. The van der Waals surface area contributed by atoms with E-state index in [1.54, 1.807) is 42.5 Å². The summed E-state index contributed by atoms with van der Waals surface area (Å²) in [4.78, 5) is 35.5. The number of amides is 2. The lowest BCUT2D eigenvalue weighted by molar-refractivity contribution is -0.117. The van der Waals surface area contributed by atoms with Crippen LogP contribution in [0.4, 0.5) is 11.4 Å². The second-order valence-corrected chi connectivity index (χ2v) is 5.57. The Labute approximate surface area is 135 Å². The summed E-state index contributed by atoms with van der Waals surface area (Å²) in [5, 5.41) is 5.47. The fourth-order valence-electron chi connectivity index (χ4n) is 2.81. The van der Waals surface area contributed by atoms with Crippen molar-refractivity contribution in [2.45, 2.75) is 13.0 Å². The summed E-state index contributed by atoms with van der Waals surface area (Å²) in [6.07, 6.45) is 0.296. The molecule has 1 aliphatic heterocycles. The highest BCUT2D eigenvalue weighted by molar-refractivity contribution is 6.00. The Morgan fingerprint density at radius 3 is 2.92 bits per heavy atom. The molecule has 3 aromatic rings. The van der Waals surface area contributed by atoms with E-state index >= 15 is 0 Å². The molecule has 0 aliphatic carbocycles. The molecule has 0 saturated heterocycles. The number of nitrogens with one attached hydrogen (secondary N) is 2. The van der Waals surface area contributed by atoms with Crippen LogP contribution in [-0.4, -0.2) is 16.4 Å². The molecular weight excluding hydrogens is 310 g/mol. The maximum atomic E-state index is 12.2. The summed E-state index contributed by atoms with van der Waals surface area (Å²) in [5.74, 6) is -0.985. The van der Waals surface area contributed by atoms with Crippen LogP contribution in [0.15, 0.2) is 51.7 Å². The number of fused-ring (bicyclic) bond motifs is 2. The van der Waals surface area contributed by atoms with Crippen molar-refractivity contribution in [3.63, 3.8) is 0 Å². The molecule has 2 heterocycles. The highest BCUT2D eigenvalue weighted by Gasteiger charge is 2.18. The van der Waals surface area contributed by atoms with Crippen molar-refractivity contribution < 1.29 is 14.0 Å². The summed E-state index contributed by atoms with van der Waals surface area (Å²) >= 11 is 0. The normalized spacial score (nSPS) is 12.9. The Morgan fingerprint density at radius 2 is 2.04 bits per heavy atom. The molecule has 7 heteroatoms. The summed E-state index contributed by atoms with van der Waals surface area (Å²) in [7, 11) is 0. The predicted molar refractivity (Wildman–Crippen MR) is 87.9 cm³/mol. The number of nitrogens with zero attached hydrogens (tertiary/aromatic N) is 1. The quantitative estimate of drug-likeness (QED) is 0.767. The van der Waals surface area contributed by atoms with E-state index in [0.29, 0.717) is 23.2 Å². The van der Waals surface area contributed by atoms with E-state index in [1.807, 2.05) is 0 Å². The Kier molecular flexibility index (Phi) is 3.19. The van der Waals surface area contributed by atoms with Crippen LogP contribution in [0.1, 0.15) is 5.56 Å². The lowest BCUT2D eigenvalue weighted by Gasteiger charge is -2.07. The van der Waals surface area contributed by atoms with E-state index in [2.05, 4.69) is 10.6 Å². The Hall–Kier alpha value is -3.35. The molecule has 4 rings (SSSR count). The first kappa shape index (κ1) is 14.3. The summed E-state index contributed by atoms with van der Waals surface area (Å²) < 4.78 is 6.38. The Bertz CT molecular complexity index is 1030. The van der Waals surface area contributed by atoms with Gasteiger partial charge in [-0.1, -0.05) is 12.1 Å². The molecule has 0 unspecified atom stereocenters. The smallest absolute Gasteiger partial charge is 0.408 e. The molecule has 0 fully saturated rings.